The summed E-state index contributed by atoms with van der Waals surface area (Å²) < 4.78 is 5.18. The van der Waals surface area contributed by atoms with E-state index >= 15 is 0 Å². The zero-order chi connectivity index (χ0) is 23.2. The van der Waals surface area contributed by atoms with Gasteiger partial charge in [-0.05, 0) is 29.8 Å². The van der Waals surface area contributed by atoms with Crippen LogP contribution in [0.3, 0.4) is 0 Å². The van der Waals surface area contributed by atoms with E-state index in [9.17, 15) is 14.4 Å². The fourth-order valence-electron chi connectivity index (χ4n) is 3.84. The lowest BCUT2D eigenvalue weighted by molar-refractivity contribution is -0.133. The topological polar surface area (TPSA) is 82.9 Å². The predicted molar refractivity (Wildman–Crippen MR) is 124 cm³/mol. The van der Waals surface area contributed by atoms with Crippen LogP contribution in [0.4, 0.5) is 0 Å². The van der Waals surface area contributed by atoms with Gasteiger partial charge in [-0.1, -0.05) is 54.1 Å². The first-order valence-corrected chi connectivity index (χ1v) is 11.1. The van der Waals surface area contributed by atoms with Crippen molar-refractivity contribution in [3.63, 3.8) is 0 Å². The summed E-state index contributed by atoms with van der Waals surface area (Å²) in [5.41, 5.74) is 1.19. The highest BCUT2D eigenvalue weighted by molar-refractivity contribution is 6.33. The monoisotopic (exact) mass is 465 g/mol. The van der Waals surface area contributed by atoms with Crippen molar-refractivity contribution in [2.24, 2.45) is 0 Å². The van der Waals surface area contributed by atoms with Gasteiger partial charge in [0.25, 0.3) is 11.8 Å². The van der Waals surface area contributed by atoms with E-state index in [4.69, 9.17) is 16.0 Å². The fourth-order valence-corrected chi connectivity index (χ4v) is 4.06. The van der Waals surface area contributed by atoms with Crippen molar-refractivity contribution < 1.29 is 18.8 Å². The van der Waals surface area contributed by atoms with E-state index in [1.807, 2.05) is 30.3 Å². The zero-order valence-electron chi connectivity index (χ0n) is 17.9. The Balaban J connectivity index is 1.41. The minimum absolute atomic E-state index is 0.0894. The third-order valence-electron chi connectivity index (χ3n) is 5.66. The molecular formula is C25H24ClN3O4. The van der Waals surface area contributed by atoms with Gasteiger partial charge in [0.05, 0.1) is 29.3 Å². The van der Waals surface area contributed by atoms with Crippen LogP contribution in [0.5, 0.6) is 0 Å². The van der Waals surface area contributed by atoms with Gasteiger partial charge in [0, 0.05) is 26.2 Å². The average Bonchev–Trinajstić information content (AvgIpc) is 3.39. The van der Waals surface area contributed by atoms with Crippen molar-refractivity contribution in [3.8, 4) is 0 Å². The maximum absolute atomic E-state index is 13.1. The molecule has 0 spiro atoms. The molecule has 2 aromatic carbocycles. The number of halogens is 1. The molecule has 1 aliphatic rings. The smallest absolute Gasteiger partial charge is 0.289 e. The Morgan fingerprint density at radius 3 is 2.21 bits per heavy atom. The molecule has 0 bridgehead atoms. The number of rotatable bonds is 6. The number of piperazine rings is 1. The standard InChI is InChI=1S/C25H24ClN3O4/c26-20-10-5-4-9-19(20)24(31)27-21(18-7-2-1-3-8-18)17-23(30)28-12-14-29(15-13-28)25(32)22-11-6-16-33-22/h1-11,16,21H,12-15,17H2,(H,27,31). The lowest BCUT2D eigenvalue weighted by atomic mass is 10.0. The maximum atomic E-state index is 13.1. The van der Waals surface area contributed by atoms with Gasteiger partial charge in [-0.25, -0.2) is 0 Å². The van der Waals surface area contributed by atoms with Crippen LogP contribution in [0.1, 0.15) is 38.9 Å². The van der Waals surface area contributed by atoms with Crippen LogP contribution in [-0.4, -0.2) is 53.7 Å². The third-order valence-corrected chi connectivity index (χ3v) is 5.99. The highest BCUT2D eigenvalue weighted by atomic mass is 35.5. The molecule has 1 aliphatic heterocycles. The molecule has 2 heterocycles. The molecule has 3 aromatic rings. The summed E-state index contributed by atoms with van der Waals surface area (Å²) >= 11 is 6.18. The normalized spacial score (nSPS) is 14.6. The van der Waals surface area contributed by atoms with E-state index in [0.29, 0.717) is 42.5 Å². The highest BCUT2D eigenvalue weighted by Gasteiger charge is 2.28. The van der Waals surface area contributed by atoms with Gasteiger partial charge in [-0.3, -0.25) is 14.4 Å². The van der Waals surface area contributed by atoms with E-state index in [1.54, 1.807) is 46.2 Å². The van der Waals surface area contributed by atoms with Gasteiger partial charge in [-0.2, -0.15) is 0 Å². The van der Waals surface area contributed by atoms with Crippen molar-refractivity contribution in [2.75, 3.05) is 26.2 Å². The molecule has 1 unspecified atom stereocenters. The largest absolute Gasteiger partial charge is 0.459 e. The van der Waals surface area contributed by atoms with Crippen LogP contribution in [0, 0.1) is 0 Å². The van der Waals surface area contributed by atoms with Crippen LogP contribution < -0.4 is 5.32 Å². The molecule has 1 saturated heterocycles. The van der Waals surface area contributed by atoms with E-state index in [1.165, 1.54) is 6.26 Å². The average molecular weight is 466 g/mol. The second-order valence-corrected chi connectivity index (χ2v) is 8.18. The van der Waals surface area contributed by atoms with Gasteiger partial charge in [-0.15, -0.1) is 0 Å². The van der Waals surface area contributed by atoms with Crippen LogP contribution in [0.2, 0.25) is 5.02 Å². The molecule has 1 aromatic heterocycles. The van der Waals surface area contributed by atoms with Crippen LogP contribution in [0.25, 0.3) is 0 Å². The van der Waals surface area contributed by atoms with E-state index < -0.39 is 6.04 Å². The fraction of sp³-hybridized carbons (Fsp3) is 0.240. The molecule has 0 aliphatic carbocycles. The first kappa shape index (κ1) is 22.6. The molecular weight excluding hydrogens is 442 g/mol. The van der Waals surface area contributed by atoms with Crippen LogP contribution in [0.15, 0.2) is 77.4 Å². The lowest BCUT2D eigenvalue weighted by Crippen LogP contribution is -2.51. The summed E-state index contributed by atoms with van der Waals surface area (Å²) in [7, 11) is 0. The minimum atomic E-state index is -0.509. The Morgan fingerprint density at radius 1 is 0.879 bits per heavy atom. The SMILES string of the molecule is O=C(NC(CC(=O)N1CCN(C(=O)c2ccco2)CC1)c1ccccc1)c1ccccc1Cl. The van der Waals surface area contributed by atoms with Crippen LogP contribution in [-0.2, 0) is 4.79 Å². The van der Waals surface area contributed by atoms with Crippen molar-refractivity contribution in [1.82, 2.24) is 15.1 Å². The number of nitrogens with one attached hydrogen (secondary N) is 1. The molecule has 1 atom stereocenters. The summed E-state index contributed by atoms with van der Waals surface area (Å²) in [5, 5.41) is 3.31. The van der Waals surface area contributed by atoms with Crippen molar-refractivity contribution >= 4 is 29.3 Å². The Hall–Kier alpha value is -3.58. The molecule has 1 fully saturated rings. The Labute approximate surface area is 196 Å². The second kappa shape index (κ2) is 10.4. The van der Waals surface area contributed by atoms with Gasteiger partial charge < -0.3 is 19.5 Å². The molecule has 0 saturated carbocycles. The number of amides is 3. The summed E-state index contributed by atoms with van der Waals surface area (Å²) in [6.45, 7) is 1.69. The molecule has 170 valence electrons. The number of carbonyl (C=O) groups is 3. The Morgan fingerprint density at radius 2 is 1.55 bits per heavy atom. The Kier molecular flexibility index (Phi) is 7.10. The van der Waals surface area contributed by atoms with Crippen molar-refractivity contribution in [1.29, 1.82) is 0 Å². The number of nitrogens with zero attached hydrogens (tertiary/aromatic N) is 2. The lowest BCUT2D eigenvalue weighted by Gasteiger charge is -2.35. The first-order valence-electron chi connectivity index (χ1n) is 10.7. The summed E-state index contributed by atoms with van der Waals surface area (Å²) in [6.07, 6.45) is 1.57. The second-order valence-electron chi connectivity index (χ2n) is 7.77. The number of hydrogen-bond acceptors (Lipinski definition) is 4. The van der Waals surface area contributed by atoms with E-state index in [-0.39, 0.29) is 24.1 Å². The van der Waals surface area contributed by atoms with Gasteiger partial charge in [0.2, 0.25) is 5.91 Å². The molecule has 7 nitrogen and oxygen atoms in total. The zero-order valence-corrected chi connectivity index (χ0v) is 18.7. The first-order chi connectivity index (χ1) is 16.0. The maximum Gasteiger partial charge on any atom is 0.289 e. The molecule has 3 amide bonds. The molecule has 8 heteroatoms. The minimum Gasteiger partial charge on any atom is -0.459 e. The summed E-state index contributed by atoms with van der Waals surface area (Å²) in [5.74, 6) is -0.313. The molecule has 1 N–H and O–H groups in total. The molecule has 33 heavy (non-hydrogen) atoms. The van der Waals surface area contributed by atoms with Gasteiger partial charge in [0.15, 0.2) is 5.76 Å². The van der Waals surface area contributed by atoms with Gasteiger partial charge in [0.1, 0.15) is 0 Å². The van der Waals surface area contributed by atoms with Crippen LogP contribution >= 0.6 is 11.6 Å². The van der Waals surface area contributed by atoms with E-state index in [0.717, 1.165) is 5.56 Å². The summed E-state index contributed by atoms with van der Waals surface area (Å²) in [6, 6.07) is 19.0. The predicted octanol–water partition coefficient (Wildman–Crippen LogP) is 3.78. The Bertz CT molecular complexity index is 1110. The molecule has 4 rings (SSSR count). The van der Waals surface area contributed by atoms with Crippen molar-refractivity contribution in [2.45, 2.75) is 12.5 Å². The quantitative estimate of drug-likeness (QED) is 0.600. The number of carbonyl (C=O) groups excluding carboxylic acids is 3. The molecule has 0 radical (unpaired) electrons. The van der Waals surface area contributed by atoms with E-state index in [2.05, 4.69) is 5.32 Å². The number of hydrogen-bond donors (Lipinski definition) is 1. The summed E-state index contributed by atoms with van der Waals surface area (Å²) in [4.78, 5) is 41.8. The number of furan rings is 1. The third kappa shape index (κ3) is 5.43. The van der Waals surface area contributed by atoms with Gasteiger partial charge >= 0.3 is 0 Å². The number of benzene rings is 2. The highest BCUT2D eigenvalue weighted by Crippen LogP contribution is 2.22. The van der Waals surface area contributed by atoms with Crippen molar-refractivity contribution in [3.05, 3.63) is 94.9 Å².